The Balaban J connectivity index is 1.59. The molecule has 2 aliphatic carbocycles. The van der Waals surface area contributed by atoms with Crippen LogP contribution in [-0.2, 0) is 31.8 Å². The lowest BCUT2D eigenvalue weighted by Crippen LogP contribution is -2.23. The quantitative estimate of drug-likeness (QED) is 0.157. The molecule has 0 spiro atoms. The van der Waals surface area contributed by atoms with Gasteiger partial charge in [-0.15, -0.1) is 0 Å². The van der Waals surface area contributed by atoms with Gasteiger partial charge in [0.2, 0.25) is 0 Å². The number of rotatable bonds is 8. The maximum absolute atomic E-state index is 6.71. The number of ether oxygens (including phenoxy) is 4. The van der Waals surface area contributed by atoms with Crippen LogP contribution in [0.25, 0.3) is 55.3 Å². The number of hydrogen-bond donors (Lipinski definition) is 0. The molecular formula is C44H40O4. The molecule has 6 aromatic carbocycles. The number of methoxy groups -OCH3 is 2. The highest BCUT2D eigenvalue weighted by molar-refractivity contribution is 6.09. The number of aryl methyl sites for hydroxylation is 2. The fourth-order valence-corrected chi connectivity index (χ4v) is 7.94. The van der Waals surface area contributed by atoms with Crippen LogP contribution in [0.3, 0.4) is 0 Å². The van der Waals surface area contributed by atoms with Crippen LogP contribution in [0, 0.1) is 13.8 Å². The summed E-state index contributed by atoms with van der Waals surface area (Å²) in [5.41, 5.74) is 17.3. The van der Waals surface area contributed by atoms with Gasteiger partial charge >= 0.3 is 0 Å². The van der Waals surface area contributed by atoms with E-state index in [4.69, 9.17) is 18.9 Å². The fourth-order valence-electron chi connectivity index (χ4n) is 7.94. The summed E-state index contributed by atoms with van der Waals surface area (Å²) < 4.78 is 24.2. The first kappa shape index (κ1) is 30.7. The van der Waals surface area contributed by atoms with Crippen LogP contribution in [0.2, 0.25) is 0 Å². The van der Waals surface area contributed by atoms with Gasteiger partial charge in [0, 0.05) is 27.1 Å². The van der Waals surface area contributed by atoms with E-state index in [0.29, 0.717) is 0 Å². The molecule has 6 aromatic rings. The van der Waals surface area contributed by atoms with Crippen molar-refractivity contribution in [3.63, 3.8) is 0 Å². The zero-order valence-electron chi connectivity index (χ0n) is 28.0. The van der Waals surface area contributed by atoms with Crippen molar-refractivity contribution < 1.29 is 18.9 Å². The number of fused-ring (bicyclic) bond motifs is 9. The van der Waals surface area contributed by atoms with E-state index in [1.54, 1.807) is 14.2 Å². The van der Waals surface area contributed by atoms with Crippen molar-refractivity contribution >= 4 is 10.8 Å². The van der Waals surface area contributed by atoms with Crippen LogP contribution in [-0.4, -0.2) is 27.8 Å². The van der Waals surface area contributed by atoms with Crippen LogP contribution in [0.1, 0.15) is 45.6 Å². The number of hydrogen-bond acceptors (Lipinski definition) is 4. The zero-order chi connectivity index (χ0) is 32.8. The summed E-state index contributed by atoms with van der Waals surface area (Å²) in [4.78, 5) is 0. The van der Waals surface area contributed by atoms with Gasteiger partial charge < -0.3 is 18.9 Å². The van der Waals surface area contributed by atoms with Gasteiger partial charge in [-0.05, 0) is 91.4 Å². The maximum Gasteiger partial charge on any atom is 0.147 e. The second kappa shape index (κ2) is 12.8. The highest BCUT2D eigenvalue weighted by Crippen LogP contribution is 2.58. The Bertz CT molecular complexity index is 2130. The van der Waals surface area contributed by atoms with Crippen molar-refractivity contribution in [1.29, 1.82) is 0 Å². The Morgan fingerprint density at radius 1 is 0.542 bits per heavy atom. The molecule has 48 heavy (non-hydrogen) atoms. The van der Waals surface area contributed by atoms with Crippen LogP contribution >= 0.6 is 0 Å². The summed E-state index contributed by atoms with van der Waals surface area (Å²) >= 11 is 0. The smallest absolute Gasteiger partial charge is 0.147 e. The van der Waals surface area contributed by atoms with Crippen LogP contribution in [0.5, 0.6) is 0 Å². The molecule has 0 bridgehead atoms. The maximum atomic E-state index is 6.71. The Hall–Kier alpha value is -4.58. The molecule has 2 atom stereocenters. The molecule has 4 nitrogen and oxygen atoms in total. The Morgan fingerprint density at radius 2 is 1.17 bits per heavy atom. The first-order chi connectivity index (χ1) is 23.6. The number of benzene rings is 6. The highest BCUT2D eigenvalue weighted by Gasteiger charge is 2.39. The second-order valence-corrected chi connectivity index (χ2v) is 13.1. The van der Waals surface area contributed by atoms with Gasteiger partial charge in [-0.1, -0.05) is 120 Å². The third kappa shape index (κ3) is 5.17. The second-order valence-electron chi connectivity index (χ2n) is 13.1. The van der Waals surface area contributed by atoms with E-state index in [9.17, 15) is 0 Å². The molecule has 0 aromatic heterocycles. The lowest BCUT2D eigenvalue weighted by molar-refractivity contribution is -0.0735. The van der Waals surface area contributed by atoms with Crippen molar-refractivity contribution in [2.24, 2.45) is 0 Å². The highest BCUT2D eigenvalue weighted by atomic mass is 16.7. The Labute approximate surface area is 282 Å². The minimum absolute atomic E-state index is 0.155. The van der Waals surface area contributed by atoms with Gasteiger partial charge in [0.05, 0.1) is 12.2 Å². The molecule has 0 saturated carbocycles. The molecule has 0 heterocycles. The zero-order valence-corrected chi connectivity index (χ0v) is 28.0. The van der Waals surface area contributed by atoms with E-state index in [1.165, 1.54) is 88.7 Å². The predicted molar refractivity (Wildman–Crippen MR) is 194 cm³/mol. The molecule has 0 amide bonds. The lowest BCUT2D eigenvalue weighted by atomic mass is 9.68. The van der Waals surface area contributed by atoms with E-state index in [-0.39, 0.29) is 25.8 Å². The first-order valence-electron chi connectivity index (χ1n) is 16.8. The van der Waals surface area contributed by atoms with Gasteiger partial charge in [-0.3, -0.25) is 0 Å². The minimum Gasteiger partial charge on any atom is -0.359 e. The molecule has 1 unspecified atom stereocenters. The molecule has 240 valence electrons. The van der Waals surface area contributed by atoms with Gasteiger partial charge in [-0.25, -0.2) is 0 Å². The van der Waals surface area contributed by atoms with Crippen molar-refractivity contribution in [3.05, 3.63) is 143 Å². The van der Waals surface area contributed by atoms with Crippen molar-refractivity contribution in [3.8, 4) is 44.5 Å². The predicted octanol–water partition coefficient (Wildman–Crippen LogP) is 10.6. The average Bonchev–Trinajstić information content (AvgIpc) is 3.12. The van der Waals surface area contributed by atoms with Crippen molar-refractivity contribution in [1.82, 2.24) is 0 Å². The Kier molecular flexibility index (Phi) is 8.19. The average molecular weight is 633 g/mol. The summed E-state index contributed by atoms with van der Waals surface area (Å²) in [6.07, 6.45) is 1.10. The third-order valence-electron chi connectivity index (χ3n) is 10.1. The molecular weight excluding hydrogens is 592 g/mol. The molecule has 2 aliphatic rings. The molecule has 4 heteroatoms. The van der Waals surface area contributed by atoms with Gasteiger partial charge in [0.15, 0.2) is 0 Å². The standard InChI is InChI=1S/C44H40O4/c1-27-13-17-30(18-14-27)39-36-24-37(47-25-45-3)34-11-7-8-12-35(34)42(36)44-40-32(22-21-29-9-5-6-10-33(29)40)23-38(48-26-46-4)43(44)41(39)31-19-15-28(2)16-20-31/h5-22,37-38H,23-26H2,1-4H3/t37?,38-/m1/s1. The first-order valence-corrected chi connectivity index (χ1v) is 16.8. The third-order valence-corrected chi connectivity index (χ3v) is 10.1. The summed E-state index contributed by atoms with van der Waals surface area (Å²) in [6, 6.07) is 40.1. The molecule has 0 N–H and O–H groups in total. The van der Waals surface area contributed by atoms with Crippen molar-refractivity contribution in [2.75, 3.05) is 27.8 Å². The van der Waals surface area contributed by atoms with E-state index < -0.39 is 0 Å². The molecule has 8 rings (SSSR count). The molecule has 0 saturated heterocycles. The van der Waals surface area contributed by atoms with E-state index >= 15 is 0 Å². The summed E-state index contributed by atoms with van der Waals surface area (Å²) in [7, 11) is 3.39. The summed E-state index contributed by atoms with van der Waals surface area (Å²) in [6.45, 7) is 4.73. The molecule has 0 radical (unpaired) electrons. The summed E-state index contributed by atoms with van der Waals surface area (Å²) in [5, 5.41) is 2.49. The van der Waals surface area contributed by atoms with Gasteiger partial charge in [0.1, 0.15) is 13.6 Å². The van der Waals surface area contributed by atoms with Crippen LogP contribution < -0.4 is 0 Å². The van der Waals surface area contributed by atoms with E-state index in [1.807, 2.05) is 0 Å². The van der Waals surface area contributed by atoms with Gasteiger partial charge in [-0.2, -0.15) is 0 Å². The van der Waals surface area contributed by atoms with Crippen LogP contribution in [0.4, 0.5) is 0 Å². The van der Waals surface area contributed by atoms with Crippen molar-refractivity contribution in [2.45, 2.75) is 38.9 Å². The lowest BCUT2D eigenvalue weighted by Gasteiger charge is -2.39. The fraction of sp³-hybridized carbons (Fsp3) is 0.227. The largest absolute Gasteiger partial charge is 0.359 e. The molecule has 0 fully saturated rings. The molecule has 0 aliphatic heterocycles. The van der Waals surface area contributed by atoms with Gasteiger partial charge in [0.25, 0.3) is 0 Å². The topological polar surface area (TPSA) is 36.9 Å². The monoisotopic (exact) mass is 632 g/mol. The van der Waals surface area contributed by atoms with E-state index in [0.717, 1.165) is 12.8 Å². The SMILES string of the molecule is COCOC1Cc2c(-c3ccc(C)cc3)c(-c3ccc(C)cc3)c3c(c2-c2ccccc21)-c1c(ccc2ccccc12)C[C@H]3OCOC. The normalized spacial score (nSPS) is 16.2. The van der Waals surface area contributed by atoms with E-state index in [2.05, 4.69) is 123 Å². The summed E-state index contributed by atoms with van der Waals surface area (Å²) in [5.74, 6) is 0. The minimum atomic E-state index is -0.214. The van der Waals surface area contributed by atoms with Crippen LogP contribution in [0.15, 0.2) is 109 Å². The Morgan fingerprint density at radius 3 is 1.88 bits per heavy atom.